The van der Waals surface area contributed by atoms with Crippen molar-refractivity contribution < 1.29 is 9.15 Å². The van der Waals surface area contributed by atoms with Crippen LogP contribution >= 0.6 is 0 Å². The normalized spacial score (nSPS) is 19.0. The van der Waals surface area contributed by atoms with Crippen LogP contribution in [0.25, 0.3) is 38.4 Å². The molecule has 8 heterocycles. The number of benzene rings is 6. The number of aliphatic imine (C=N–C) groups is 1. The van der Waals surface area contributed by atoms with Gasteiger partial charge in [0.2, 0.25) is 0 Å². The number of aromatic nitrogens is 2. The van der Waals surface area contributed by atoms with Crippen LogP contribution in [0.1, 0.15) is 39.1 Å². The van der Waals surface area contributed by atoms with E-state index in [1.54, 1.807) is 0 Å². The summed E-state index contributed by atoms with van der Waals surface area (Å²) in [5, 5.41) is 5.82. The Bertz CT molecular complexity index is 3370. The maximum absolute atomic E-state index is 5.77. The van der Waals surface area contributed by atoms with E-state index >= 15 is 0 Å². The SMILES string of the molecule is c1ccc(C2=C3c4ccccc4C4=[N+]3C35n6c(c7ccccc7c62)N=C2c6ccccc6C(=[N+]23)C(c2ccccc2)=c2c3ccccc3c(n25)=N4)cc1. The van der Waals surface area contributed by atoms with Crippen molar-refractivity contribution in [3.63, 3.8) is 0 Å². The van der Waals surface area contributed by atoms with E-state index in [4.69, 9.17) is 9.98 Å². The predicted octanol–water partition coefficient (Wildman–Crippen LogP) is 7.17. The minimum atomic E-state index is -0.958. The number of hydrogen-bond acceptors (Lipinski definition) is 2. The topological polar surface area (TPSA) is 40.6 Å². The van der Waals surface area contributed by atoms with Crippen molar-refractivity contribution in [1.29, 1.82) is 0 Å². The maximum atomic E-state index is 5.77. The quantitative estimate of drug-likeness (QED) is 0.175. The van der Waals surface area contributed by atoms with Crippen molar-refractivity contribution >= 4 is 61.6 Å². The predicted molar refractivity (Wildman–Crippen MR) is 207 cm³/mol. The molecule has 0 saturated carbocycles. The van der Waals surface area contributed by atoms with Crippen LogP contribution in [0.15, 0.2) is 168 Å². The lowest BCUT2D eigenvalue weighted by atomic mass is 9.91. The summed E-state index contributed by atoms with van der Waals surface area (Å²) in [4.78, 5) is 11.5. The van der Waals surface area contributed by atoms with E-state index in [-0.39, 0.29) is 0 Å². The van der Waals surface area contributed by atoms with Gasteiger partial charge in [0.05, 0.1) is 44.1 Å². The van der Waals surface area contributed by atoms with Crippen LogP contribution in [0.4, 0.5) is 5.82 Å². The molecule has 6 aromatic carbocycles. The third-order valence-corrected chi connectivity index (χ3v) is 12.1. The summed E-state index contributed by atoms with van der Waals surface area (Å²) in [5.41, 5.74) is 13.8. The lowest BCUT2D eigenvalue weighted by Crippen LogP contribution is -2.71. The van der Waals surface area contributed by atoms with Gasteiger partial charge in [-0.05, 0) is 57.5 Å². The lowest BCUT2D eigenvalue weighted by molar-refractivity contribution is -0.798. The number of hydrogen-bond donors (Lipinski definition) is 0. The molecule has 14 rings (SSSR count). The van der Waals surface area contributed by atoms with Gasteiger partial charge in [-0.1, -0.05) is 121 Å². The third kappa shape index (κ3) is 2.75. The van der Waals surface area contributed by atoms with Gasteiger partial charge >= 0.3 is 17.6 Å². The minimum absolute atomic E-state index is 0.958. The van der Waals surface area contributed by atoms with Crippen molar-refractivity contribution in [2.24, 2.45) is 9.98 Å². The van der Waals surface area contributed by atoms with Crippen LogP contribution in [0.3, 0.4) is 0 Å². The van der Waals surface area contributed by atoms with Gasteiger partial charge in [0.25, 0.3) is 11.3 Å². The second-order valence-electron chi connectivity index (χ2n) is 14.5. The molecule has 242 valence electrons. The molecule has 0 radical (unpaired) electrons. The fourth-order valence-electron chi connectivity index (χ4n) is 10.3. The molecule has 6 aliphatic rings. The van der Waals surface area contributed by atoms with E-state index in [9.17, 15) is 0 Å². The molecule has 8 aromatic rings. The Balaban J connectivity index is 1.35. The van der Waals surface area contributed by atoms with E-state index < -0.39 is 5.91 Å². The highest BCUT2D eigenvalue weighted by Crippen LogP contribution is 2.57. The number of rotatable bonds is 2. The van der Waals surface area contributed by atoms with Gasteiger partial charge in [0, 0.05) is 21.9 Å². The first-order valence-corrected chi connectivity index (χ1v) is 18.2. The molecule has 1 atom stereocenters. The largest absolute Gasteiger partial charge is 0.441 e. The van der Waals surface area contributed by atoms with Crippen molar-refractivity contribution in [2.45, 2.75) is 5.91 Å². The Labute approximate surface area is 302 Å². The van der Waals surface area contributed by atoms with E-state index in [0.29, 0.717) is 0 Å². The first-order chi connectivity index (χ1) is 26.4. The van der Waals surface area contributed by atoms with Crippen LogP contribution in [-0.2, 0) is 5.91 Å². The first kappa shape index (κ1) is 26.6. The Morgan fingerprint density at radius 1 is 0.453 bits per heavy atom. The van der Waals surface area contributed by atoms with E-state index in [1.165, 1.54) is 66.6 Å². The van der Waals surface area contributed by atoms with E-state index in [1.807, 2.05) is 0 Å². The van der Waals surface area contributed by atoms with Crippen LogP contribution in [0.2, 0.25) is 0 Å². The zero-order valence-corrected chi connectivity index (χ0v) is 28.2. The average molecular weight is 675 g/mol. The Morgan fingerprint density at radius 3 is 1.79 bits per heavy atom. The van der Waals surface area contributed by atoms with Gasteiger partial charge in [0.15, 0.2) is 11.4 Å². The number of amidine groups is 2. The first-order valence-electron chi connectivity index (χ1n) is 18.2. The second-order valence-corrected chi connectivity index (χ2v) is 14.5. The zero-order chi connectivity index (χ0) is 34.2. The molecule has 53 heavy (non-hydrogen) atoms. The molecule has 0 saturated heterocycles. The van der Waals surface area contributed by atoms with Crippen LogP contribution in [0.5, 0.6) is 0 Å². The van der Waals surface area contributed by atoms with Gasteiger partial charge in [-0.25, -0.2) is 9.13 Å². The summed E-state index contributed by atoms with van der Waals surface area (Å²) in [6, 6.07) is 57.2. The minimum Gasteiger partial charge on any atom is -0.202 e. The molecular formula is C47H26N6+2. The molecule has 0 fully saturated rings. The smallest absolute Gasteiger partial charge is 0.202 e. The summed E-state index contributed by atoms with van der Waals surface area (Å²) >= 11 is 0. The third-order valence-electron chi connectivity index (χ3n) is 12.1. The lowest BCUT2D eigenvalue weighted by Gasteiger charge is -2.42. The molecule has 0 aliphatic carbocycles. The molecule has 1 unspecified atom stereocenters. The fraction of sp³-hybridized carbons (Fsp3) is 0.0213. The van der Waals surface area contributed by atoms with Crippen molar-refractivity contribution in [3.05, 3.63) is 208 Å². The van der Waals surface area contributed by atoms with Crippen molar-refractivity contribution in [3.8, 4) is 0 Å². The molecule has 6 aliphatic heterocycles. The second kappa shape index (κ2) is 8.81. The Morgan fingerprint density at radius 2 is 1.04 bits per heavy atom. The summed E-state index contributed by atoms with van der Waals surface area (Å²) in [6.07, 6.45) is 0. The molecule has 1 spiro atoms. The van der Waals surface area contributed by atoms with Crippen LogP contribution in [-0.4, -0.2) is 35.7 Å². The Hall–Kier alpha value is -7.18. The van der Waals surface area contributed by atoms with Gasteiger partial charge < -0.3 is 0 Å². The molecule has 0 N–H and O–H groups in total. The van der Waals surface area contributed by atoms with Gasteiger partial charge in [-0.15, -0.1) is 9.15 Å². The summed E-state index contributed by atoms with van der Waals surface area (Å²) in [7, 11) is 0. The molecule has 6 heteroatoms. The number of nitrogens with zero attached hydrogens (tertiary/aromatic N) is 6. The van der Waals surface area contributed by atoms with Gasteiger partial charge in [-0.2, -0.15) is 0 Å². The molecule has 2 aromatic heterocycles. The Kier molecular flexibility index (Phi) is 4.42. The van der Waals surface area contributed by atoms with E-state index in [2.05, 4.69) is 176 Å². The summed E-state index contributed by atoms with van der Waals surface area (Å²) in [5.74, 6) is 1.92. The van der Waals surface area contributed by atoms with Crippen LogP contribution in [0, 0.1) is 0 Å². The molecule has 0 amide bonds. The maximum Gasteiger partial charge on any atom is 0.441 e. The van der Waals surface area contributed by atoms with Crippen molar-refractivity contribution in [2.75, 3.05) is 0 Å². The highest BCUT2D eigenvalue weighted by Gasteiger charge is 2.71. The highest BCUT2D eigenvalue weighted by atomic mass is 15.7. The zero-order valence-electron chi connectivity index (χ0n) is 28.2. The molecule has 6 nitrogen and oxygen atoms in total. The highest BCUT2D eigenvalue weighted by molar-refractivity contribution is 6.36. The summed E-state index contributed by atoms with van der Waals surface area (Å²) in [6.45, 7) is 0. The van der Waals surface area contributed by atoms with Crippen LogP contribution < -0.4 is 10.8 Å². The van der Waals surface area contributed by atoms with Gasteiger partial charge in [0.1, 0.15) is 0 Å². The summed E-state index contributed by atoms with van der Waals surface area (Å²) < 4.78 is 10.3. The molecular weight excluding hydrogens is 649 g/mol. The van der Waals surface area contributed by atoms with E-state index in [0.717, 1.165) is 44.9 Å². The average Bonchev–Trinajstić information content (AvgIpc) is 3.95. The van der Waals surface area contributed by atoms with Gasteiger partial charge in [-0.3, -0.25) is 0 Å². The molecule has 0 bridgehead atoms. The fourth-order valence-corrected chi connectivity index (χ4v) is 10.3. The standard InChI is InChI=1S/C47H26N6/c1-3-15-27(16-4-1)37-39-29-19-7-11-23-33(29)43-48-45-35-25-13-9-21-31(35)41-38(28-17-5-2-6-18-28)42-32-22-10-14-26-36(32)46-49-44-34-24-12-8-20-30(34)40(37)51(44)47(50(39)43,52(41)45)53(42)46/h1-26H/q+2. The van der Waals surface area contributed by atoms with Crippen molar-refractivity contribution in [1.82, 2.24) is 9.13 Å². The number of fused-ring (bicyclic) bond motifs is 12. The monoisotopic (exact) mass is 674 g/mol.